The molecule has 112 valence electrons. The number of nitrogens with zero attached hydrogens (tertiary/aromatic N) is 1. The van der Waals surface area contributed by atoms with Crippen molar-refractivity contribution in [3.8, 4) is 0 Å². The third kappa shape index (κ3) is 5.94. The van der Waals surface area contributed by atoms with Crippen LogP contribution in [0.3, 0.4) is 0 Å². The first-order valence-corrected chi connectivity index (χ1v) is 8.14. The smallest absolute Gasteiger partial charge is 0.222 e. The van der Waals surface area contributed by atoms with Gasteiger partial charge in [-0.2, -0.15) is 0 Å². The van der Waals surface area contributed by atoms with Gasteiger partial charge in [0, 0.05) is 25.4 Å². The Morgan fingerprint density at radius 1 is 1.16 bits per heavy atom. The number of hydrogen-bond donors (Lipinski definition) is 1. The van der Waals surface area contributed by atoms with E-state index in [4.69, 9.17) is 0 Å². The van der Waals surface area contributed by atoms with Gasteiger partial charge >= 0.3 is 0 Å². The molecule has 0 saturated carbocycles. The summed E-state index contributed by atoms with van der Waals surface area (Å²) in [5.74, 6) is 0.572. The summed E-state index contributed by atoms with van der Waals surface area (Å²) in [4.78, 5) is 14.1. The zero-order chi connectivity index (χ0) is 14.1. The van der Waals surface area contributed by atoms with Gasteiger partial charge in [-0.25, -0.2) is 0 Å². The van der Waals surface area contributed by atoms with Crippen LogP contribution in [0.4, 0.5) is 0 Å². The molecule has 1 heterocycles. The number of aliphatic hydroxyl groups excluding tert-OH is 1. The third-order valence-electron chi connectivity index (χ3n) is 4.32. The van der Waals surface area contributed by atoms with E-state index in [0.717, 1.165) is 32.4 Å². The Balaban J connectivity index is 2.15. The number of carbonyl (C=O) groups excluding carboxylic acids is 1. The molecule has 3 heteroatoms. The van der Waals surface area contributed by atoms with Gasteiger partial charge in [-0.05, 0) is 19.3 Å². The van der Waals surface area contributed by atoms with Crippen molar-refractivity contribution >= 4 is 5.91 Å². The van der Waals surface area contributed by atoms with Crippen LogP contribution in [0.15, 0.2) is 0 Å². The van der Waals surface area contributed by atoms with Gasteiger partial charge < -0.3 is 10.0 Å². The summed E-state index contributed by atoms with van der Waals surface area (Å²) in [5, 5.41) is 9.83. The van der Waals surface area contributed by atoms with Crippen LogP contribution in [0.5, 0.6) is 0 Å². The standard InChI is InChI=1S/C16H31NO2/c1-3-5-6-7-8-9-10-16(19)17-12-11-15(18)14(4-2)13-17/h14-15,18H,3-13H2,1-2H3. The van der Waals surface area contributed by atoms with Crippen molar-refractivity contribution in [3.63, 3.8) is 0 Å². The predicted molar refractivity (Wildman–Crippen MR) is 79.0 cm³/mol. The van der Waals surface area contributed by atoms with Gasteiger partial charge in [0.25, 0.3) is 0 Å². The summed E-state index contributed by atoms with van der Waals surface area (Å²) in [6, 6.07) is 0. The van der Waals surface area contributed by atoms with Gasteiger partial charge in [0.05, 0.1) is 6.10 Å². The van der Waals surface area contributed by atoms with Crippen molar-refractivity contribution in [1.29, 1.82) is 0 Å². The van der Waals surface area contributed by atoms with Crippen molar-refractivity contribution in [2.45, 2.75) is 77.7 Å². The Morgan fingerprint density at radius 3 is 2.53 bits per heavy atom. The summed E-state index contributed by atoms with van der Waals surface area (Å²) in [7, 11) is 0. The fourth-order valence-electron chi connectivity index (χ4n) is 2.86. The molecule has 0 aromatic carbocycles. The summed E-state index contributed by atoms with van der Waals surface area (Å²) in [5.41, 5.74) is 0. The van der Waals surface area contributed by atoms with Gasteiger partial charge in [-0.1, -0.05) is 46.0 Å². The topological polar surface area (TPSA) is 40.5 Å². The minimum absolute atomic E-state index is 0.205. The molecule has 1 N–H and O–H groups in total. The maximum atomic E-state index is 12.1. The van der Waals surface area contributed by atoms with Crippen LogP contribution in [-0.2, 0) is 4.79 Å². The molecule has 3 nitrogen and oxygen atoms in total. The molecule has 0 radical (unpaired) electrons. The van der Waals surface area contributed by atoms with Gasteiger partial charge in [0.15, 0.2) is 0 Å². The molecule has 19 heavy (non-hydrogen) atoms. The molecule has 0 aromatic rings. The zero-order valence-electron chi connectivity index (χ0n) is 12.7. The number of unbranched alkanes of at least 4 members (excludes halogenated alkanes) is 5. The number of hydrogen-bond acceptors (Lipinski definition) is 2. The quantitative estimate of drug-likeness (QED) is 0.686. The van der Waals surface area contributed by atoms with Crippen LogP contribution >= 0.6 is 0 Å². The molecular weight excluding hydrogens is 238 g/mol. The van der Waals surface area contributed by atoms with Crippen molar-refractivity contribution in [3.05, 3.63) is 0 Å². The highest BCUT2D eigenvalue weighted by atomic mass is 16.3. The van der Waals surface area contributed by atoms with Gasteiger partial charge in [-0.15, -0.1) is 0 Å². The molecule has 1 amide bonds. The summed E-state index contributed by atoms with van der Waals surface area (Å²) in [6.45, 7) is 5.81. The van der Waals surface area contributed by atoms with Crippen LogP contribution < -0.4 is 0 Å². The monoisotopic (exact) mass is 269 g/mol. The van der Waals surface area contributed by atoms with Crippen LogP contribution in [0, 0.1) is 5.92 Å². The molecule has 2 unspecified atom stereocenters. The molecule has 1 rings (SSSR count). The van der Waals surface area contributed by atoms with Gasteiger partial charge in [-0.3, -0.25) is 4.79 Å². The fourth-order valence-corrected chi connectivity index (χ4v) is 2.86. The minimum atomic E-state index is -0.205. The highest BCUT2D eigenvalue weighted by Crippen LogP contribution is 2.21. The molecule has 1 fully saturated rings. The molecular formula is C16H31NO2. The molecule has 0 spiro atoms. The predicted octanol–water partition coefficient (Wildman–Crippen LogP) is 3.36. The van der Waals surface area contributed by atoms with Crippen LogP contribution in [0.2, 0.25) is 0 Å². The van der Waals surface area contributed by atoms with E-state index in [9.17, 15) is 9.90 Å². The Labute approximate surface area is 118 Å². The first kappa shape index (κ1) is 16.5. The molecule has 1 aliphatic rings. The van der Waals surface area contributed by atoms with E-state index in [1.165, 1.54) is 32.1 Å². The van der Waals surface area contributed by atoms with E-state index in [1.807, 2.05) is 4.90 Å². The summed E-state index contributed by atoms with van der Waals surface area (Å²) < 4.78 is 0. The molecule has 2 atom stereocenters. The van der Waals surface area contributed by atoms with E-state index >= 15 is 0 Å². The van der Waals surface area contributed by atoms with Crippen LogP contribution in [-0.4, -0.2) is 35.1 Å². The molecule has 0 bridgehead atoms. The third-order valence-corrected chi connectivity index (χ3v) is 4.32. The first-order chi connectivity index (χ1) is 9.19. The second-order valence-electron chi connectivity index (χ2n) is 5.88. The largest absolute Gasteiger partial charge is 0.393 e. The Kier molecular flexibility index (Phi) is 8.11. The van der Waals surface area contributed by atoms with Crippen molar-refractivity contribution in [2.75, 3.05) is 13.1 Å². The van der Waals surface area contributed by atoms with Crippen LogP contribution in [0.1, 0.15) is 71.6 Å². The normalized spacial score (nSPS) is 23.6. The lowest BCUT2D eigenvalue weighted by atomic mass is 9.92. The number of likely N-dealkylation sites (tertiary alicyclic amines) is 1. The Bertz CT molecular complexity index is 255. The Hall–Kier alpha value is -0.570. The van der Waals surface area contributed by atoms with Crippen molar-refractivity contribution in [2.24, 2.45) is 5.92 Å². The number of carbonyl (C=O) groups is 1. The molecule has 0 aliphatic carbocycles. The first-order valence-electron chi connectivity index (χ1n) is 8.14. The lowest BCUT2D eigenvalue weighted by molar-refractivity contribution is -0.135. The highest BCUT2D eigenvalue weighted by Gasteiger charge is 2.28. The maximum Gasteiger partial charge on any atom is 0.222 e. The SMILES string of the molecule is CCCCCCCCC(=O)N1CCC(O)C(CC)C1. The van der Waals surface area contributed by atoms with Gasteiger partial charge in [0.1, 0.15) is 0 Å². The van der Waals surface area contributed by atoms with E-state index in [2.05, 4.69) is 13.8 Å². The summed E-state index contributed by atoms with van der Waals surface area (Å²) >= 11 is 0. The average Bonchev–Trinajstić information content (AvgIpc) is 2.43. The lowest BCUT2D eigenvalue weighted by Crippen LogP contribution is -2.45. The summed E-state index contributed by atoms with van der Waals surface area (Å²) in [6.07, 6.45) is 9.56. The maximum absolute atomic E-state index is 12.1. The van der Waals surface area contributed by atoms with Gasteiger partial charge in [0.2, 0.25) is 5.91 Å². The second-order valence-corrected chi connectivity index (χ2v) is 5.88. The van der Waals surface area contributed by atoms with E-state index < -0.39 is 0 Å². The second kappa shape index (κ2) is 9.35. The Morgan fingerprint density at radius 2 is 1.84 bits per heavy atom. The number of aliphatic hydroxyl groups is 1. The number of piperidine rings is 1. The molecule has 0 aromatic heterocycles. The zero-order valence-corrected chi connectivity index (χ0v) is 12.7. The fraction of sp³-hybridized carbons (Fsp3) is 0.938. The lowest BCUT2D eigenvalue weighted by Gasteiger charge is -2.35. The van der Waals surface area contributed by atoms with E-state index in [0.29, 0.717) is 12.3 Å². The number of amides is 1. The van der Waals surface area contributed by atoms with E-state index in [1.54, 1.807) is 0 Å². The average molecular weight is 269 g/mol. The molecule has 1 saturated heterocycles. The molecule has 1 aliphatic heterocycles. The highest BCUT2D eigenvalue weighted by molar-refractivity contribution is 5.76. The van der Waals surface area contributed by atoms with Crippen molar-refractivity contribution in [1.82, 2.24) is 4.90 Å². The van der Waals surface area contributed by atoms with E-state index in [-0.39, 0.29) is 12.0 Å². The van der Waals surface area contributed by atoms with Crippen molar-refractivity contribution < 1.29 is 9.90 Å². The minimum Gasteiger partial charge on any atom is -0.393 e. The van der Waals surface area contributed by atoms with Crippen LogP contribution in [0.25, 0.3) is 0 Å². The number of rotatable bonds is 8.